The SMILES string of the molecule is CN(C)c1ccc2ccc3ccncc3c2c1. The van der Waals surface area contributed by atoms with E-state index in [0.29, 0.717) is 0 Å². The summed E-state index contributed by atoms with van der Waals surface area (Å²) in [5.41, 5.74) is 1.22. The maximum Gasteiger partial charge on any atom is 0.0367 e. The van der Waals surface area contributed by atoms with E-state index in [0.717, 1.165) is 0 Å². The average Bonchev–Trinajstić information content (AvgIpc) is 2.38. The van der Waals surface area contributed by atoms with Crippen molar-refractivity contribution in [2.24, 2.45) is 0 Å². The first-order valence-electron chi connectivity index (χ1n) is 5.69. The van der Waals surface area contributed by atoms with Gasteiger partial charge in [-0.25, -0.2) is 0 Å². The minimum absolute atomic E-state index is 1.22. The summed E-state index contributed by atoms with van der Waals surface area (Å²) in [6.45, 7) is 0. The Morgan fingerprint density at radius 3 is 2.35 bits per heavy atom. The van der Waals surface area contributed by atoms with Crippen molar-refractivity contribution in [2.75, 3.05) is 19.0 Å². The second-order valence-electron chi connectivity index (χ2n) is 4.46. The molecule has 1 heterocycles. The molecule has 3 aromatic rings. The Balaban J connectivity index is 2.42. The molecule has 0 unspecified atom stereocenters. The molecule has 84 valence electrons. The maximum absolute atomic E-state index is 4.22. The third-order valence-electron chi connectivity index (χ3n) is 3.14. The molecule has 0 aliphatic heterocycles. The summed E-state index contributed by atoms with van der Waals surface area (Å²) in [6.07, 6.45) is 3.78. The number of fused-ring (bicyclic) bond motifs is 3. The van der Waals surface area contributed by atoms with Crippen LogP contribution in [0, 0.1) is 0 Å². The minimum Gasteiger partial charge on any atom is -0.378 e. The smallest absolute Gasteiger partial charge is 0.0367 e. The Bertz CT molecular complexity index is 687. The number of pyridine rings is 1. The number of nitrogens with zero attached hydrogens (tertiary/aromatic N) is 2. The number of hydrogen-bond acceptors (Lipinski definition) is 2. The fourth-order valence-electron chi connectivity index (χ4n) is 2.16. The van der Waals surface area contributed by atoms with Crippen LogP contribution in [0.4, 0.5) is 5.69 Å². The van der Waals surface area contributed by atoms with Gasteiger partial charge in [0.15, 0.2) is 0 Å². The molecule has 0 aliphatic carbocycles. The molecule has 2 nitrogen and oxygen atoms in total. The standard InChI is InChI=1S/C15H14N2/c1-17(2)13-6-5-11-3-4-12-7-8-16-10-15(12)14(11)9-13/h3-10H,1-2H3. The van der Waals surface area contributed by atoms with E-state index in [1.807, 2.05) is 12.4 Å². The number of benzene rings is 2. The van der Waals surface area contributed by atoms with Gasteiger partial charge in [0.1, 0.15) is 0 Å². The molecule has 0 N–H and O–H groups in total. The number of aromatic nitrogens is 1. The summed E-state index contributed by atoms with van der Waals surface area (Å²) in [6, 6.07) is 12.9. The lowest BCUT2D eigenvalue weighted by Gasteiger charge is -2.13. The molecule has 0 atom stereocenters. The Labute approximate surface area is 101 Å². The van der Waals surface area contributed by atoms with Crippen LogP contribution in [0.2, 0.25) is 0 Å². The summed E-state index contributed by atoms with van der Waals surface area (Å²) in [5, 5.41) is 4.98. The number of rotatable bonds is 1. The van der Waals surface area contributed by atoms with Crippen LogP contribution in [-0.2, 0) is 0 Å². The van der Waals surface area contributed by atoms with Gasteiger partial charge in [-0.2, -0.15) is 0 Å². The first-order chi connectivity index (χ1) is 8.25. The quantitative estimate of drug-likeness (QED) is 0.586. The fourth-order valence-corrected chi connectivity index (χ4v) is 2.16. The lowest BCUT2D eigenvalue weighted by Crippen LogP contribution is -2.08. The van der Waals surface area contributed by atoms with Gasteiger partial charge in [-0.1, -0.05) is 18.2 Å². The normalized spacial score (nSPS) is 10.9. The summed E-state index contributed by atoms with van der Waals surface area (Å²) >= 11 is 0. The van der Waals surface area contributed by atoms with Gasteiger partial charge in [0, 0.05) is 37.6 Å². The molecular formula is C15H14N2. The monoisotopic (exact) mass is 222 g/mol. The molecule has 0 radical (unpaired) electrons. The fraction of sp³-hybridized carbons (Fsp3) is 0.133. The highest BCUT2D eigenvalue weighted by atomic mass is 15.1. The van der Waals surface area contributed by atoms with Crippen molar-refractivity contribution in [3.05, 3.63) is 48.8 Å². The van der Waals surface area contributed by atoms with Crippen LogP contribution < -0.4 is 4.90 Å². The second kappa shape index (κ2) is 3.74. The third kappa shape index (κ3) is 1.62. The van der Waals surface area contributed by atoms with Crippen LogP contribution in [-0.4, -0.2) is 19.1 Å². The largest absolute Gasteiger partial charge is 0.378 e. The van der Waals surface area contributed by atoms with E-state index in [-0.39, 0.29) is 0 Å². The minimum atomic E-state index is 1.22. The van der Waals surface area contributed by atoms with E-state index in [4.69, 9.17) is 0 Å². The predicted octanol–water partition coefficient (Wildman–Crippen LogP) is 3.45. The molecule has 0 bridgehead atoms. The molecule has 0 aliphatic rings. The second-order valence-corrected chi connectivity index (χ2v) is 4.46. The van der Waals surface area contributed by atoms with Gasteiger partial charge < -0.3 is 4.90 Å². The number of hydrogen-bond donors (Lipinski definition) is 0. The number of anilines is 1. The van der Waals surface area contributed by atoms with Crippen LogP contribution in [0.25, 0.3) is 21.5 Å². The van der Waals surface area contributed by atoms with Gasteiger partial charge in [0.2, 0.25) is 0 Å². The van der Waals surface area contributed by atoms with Gasteiger partial charge in [0.05, 0.1) is 0 Å². The van der Waals surface area contributed by atoms with Crippen LogP contribution in [0.1, 0.15) is 0 Å². The van der Waals surface area contributed by atoms with Gasteiger partial charge in [-0.3, -0.25) is 4.98 Å². The Morgan fingerprint density at radius 1 is 0.882 bits per heavy atom. The van der Waals surface area contributed by atoms with Crippen molar-refractivity contribution < 1.29 is 0 Å². The maximum atomic E-state index is 4.22. The van der Waals surface area contributed by atoms with Crippen LogP contribution in [0.3, 0.4) is 0 Å². The van der Waals surface area contributed by atoms with Gasteiger partial charge in [-0.05, 0) is 34.4 Å². The Hall–Kier alpha value is -2.09. The lowest BCUT2D eigenvalue weighted by atomic mass is 10.0. The molecule has 2 aromatic carbocycles. The van der Waals surface area contributed by atoms with Gasteiger partial charge in [-0.15, -0.1) is 0 Å². The summed E-state index contributed by atoms with van der Waals surface area (Å²) in [4.78, 5) is 6.34. The van der Waals surface area contributed by atoms with E-state index >= 15 is 0 Å². The lowest BCUT2D eigenvalue weighted by molar-refractivity contribution is 1.14. The van der Waals surface area contributed by atoms with Crippen molar-refractivity contribution in [3.63, 3.8) is 0 Å². The van der Waals surface area contributed by atoms with Crippen molar-refractivity contribution in [3.8, 4) is 0 Å². The van der Waals surface area contributed by atoms with Gasteiger partial charge in [0.25, 0.3) is 0 Å². The summed E-state index contributed by atoms with van der Waals surface area (Å²) in [5.74, 6) is 0. The first-order valence-corrected chi connectivity index (χ1v) is 5.69. The Morgan fingerprint density at radius 2 is 1.59 bits per heavy atom. The van der Waals surface area contributed by atoms with Crippen molar-refractivity contribution >= 4 is 27.2 Å². The summed E-state index contributed by atoms with van der Waals surface area (Å²) < 4.78 is 0. The van der Waals surface area contributed by atoms with E-state index in [2.05, 4.69) is 60.4 Å². The molecule has 0 amide bonds. The van der Waals surface area contributed by atoms with E-state index < -0.39 is 0 Å². The van der Waals surface area contributed by atoms with Gasteiger partial charge >= 0.3 is 0 Å². The average molecular weight is 222 g/mol. The molecule has 1 aromatic heterocycles. The van der Waals surface area contributed by atoms with Crippen LogP contribution in [0.5, 0.6) is 0 Å². The highest BCUT2D eigenvalue weighted by Crippen LogP contribution is 2.27. The molecular weight excluding hydrogens is 208 g/mol. The Kier molecular flexibility index (Phi) is 2.22. The zero-order valence-electron chi connectivity index (χ0n) is 10.0. The van der Waals surface area contributed by atoms with Crippen LogP contribution >= 0.6 is 0 Å². The van der Waals surface area contributed by atoms with Crippen molar-refractivity contribution in [1.82, 2.24) is 4.98 Å². The predicted molar refractivity (Wildman–Crippen MR) is 73.6 cm³/mol. The molecule has 0 saturated heterocycles. The topological polar surface area (TPSA) is 16.1 Å². The van der Waals surface area contributed by atoms with Crippen molar-refractivity contribution in [1.29, 1.82) is 0 Å². The molecule has 2 heteroatoms. The van der Waals surface area contributed by atoms with E-state index in [1.54, 1.807) is 0 Å². The molecule has 17 heavy (non-hydrogen) atoms. The zero-order chi connectivity index (χ0) is 11.8. The molecule has 3 rings (SSSR count). The molecule has 0 fully saturated rings. The highest BCUT2D eigenvalue weighted by Gasteiger charge is 2.02. The van der Waals surface area contributed by atoms with Crippen LogP contribution in [0.15, 0.2) is 48.8 Å². The first kappa shape index (κ1) is 10.1. The third-order valence-corrected chi connectivity index (χ3v) is 3.14. The van der Waals surface area contributed by atoms with Crippen molar-refractivity contribution in [2.45, 2.75) is 0 Å². The molecule has 0 spiro atoms. The zero-order valence-corrected chi connectivity index (χ0v) is 10.0. The van der Waals surface area contributed by atoms with E-state index in [9.17, 15) is 0 Å². The van der Waals surface area contributed by atoms with E-state index in [1.165, 1.54) is 27.2 Å². The highest BCUT2D eigenvalue weighted by molar-refractivity contribution is 6.08. The molecule has 0 saturated carbocycles. The summed E-state index contributed by atoms with van der Waals surface area (Å²) in [7, 11) is 4.12.